The number of rotatable bonds is 2. The van der Waals surface area contributed by atoms with Gasteiger partial charge < -0.3 is 9.80 Å². The van der Waals surface area contributed by atoms with Gasteiger partial charge in [0, 0.05) is 6.54 Å². The van der Waals surface area contributed by atoms with Crippen molar-refractivity contribution < 1.29 is 27.6 Å². The fraction of sp³-hybridized carbons (Fsp3) is 0.318. The molecule has 3 atom stereocenters. The number of carbonyl (C=O) groups excluding carboxylic acids is 3. The number of benzene rings is 1. The number of carbonyl (C=O) groups is 3. The van der Waals surface area contributed by atoms with Crippen LogP contribution in [0.2, 0.25) is 0 Å². The van der Waals surface area contributed by atoms with Crippen LogP contribution in [-0.2, 0) is 11.0 Å². The average Bonchev–Trinajstić information content (AvgIpc) is 3.44. The van der Waals surface area contributed by atoms with Crippen LogP contribution in [0.4, 0.5) is 23.7 Å². The van der Waals surface area contributed by atoms with Gasteiger partial charge in [0.2, 0.25) is 0 Å². The zero-order valence-corrected chi connectivity index (χ0v) is 17.2. The third-order valence-electron chi connectivity index (χ3n) is 6.42. The van der Waals surface area contributed by atoms with Crippen LogP contribution in [0.15, 0.2) is 36.5 Å². The van der Waals surface area contributed by atoms with E-state index in [9.17, 15) is 27.6 Å². The summed E-state index contributed by atoms with van der Waals surface area (Å²) in [5.41, 5.74) is -0.658. The molecule has 0 N–H and O–H groups in total. The van der Waals surface area contributed by atoms with E-state index in [0.717, 1.165) is 17.0 Å². The van der Waals surface area contributed by atoms with Crippen LogP contribution >= 0.6 is 0 Å². The number of nitriles is 1. The predicted molar refractivity (Wildman–Crippen MR) is 107 cm³/mol. The number of likely N-dealkylation sites (tertiary alicyclic amines) is 1. The van der Waals surface area contributed by atoms with Crippen LogP contribution in [0.5, 0.6) is 0 Å². The molecule has 33 heavy (non-hydrogen) atoms. The van der Waals surface area contributed by atoms with E-state index in [1.165, 1.54) is 34.2 Å². The highest BCUT2D eigenvalue weighted by Crippen LogP contribution is 2.43. The molecule has 2 unspecified atom stereocenters. The molecule has 8 nitrogen and oxygen atoms in total. The number of pyridine rings is 1. The van der Waals surface area contributed by atoms with Crippen molar-refractivity contribution >= 4 is 23.5 Å². The first-order valence-corrected chi connectivity index (χ1v) is 10.1. The Bertz CT molecular complexity index is 1250. The van der Waals surface area contributed by atoms with Gasteiger partial charge in [0.05, 0.1) is 35.1 Å². The lowest BCUT2D eigenvalue weighted by Crippen LogP contribution is -2.55. The molecule has 3 saturated heterocycles. The third kappa shape index (κ3) is 2.97. The molecule has 2 bridgehead atoms. The van der Waals surface area contributed by atoms with Crippen molar-refractivity contribution in [3.8, 4) is 6.07 Å². The second kappa shape index (κ2) is 7.03. The summed E-state index contributed by atoms with van der Waals surface area (Å²) in [6.07, 6.45) is -3.12. The highest BCUT2D eigenvalue weighted by atomic mass is 19.4. The maximum Gasteiger partial charge on any atom is 0.417 e. The lowest BCUT2D eigenvalue weighted by molar-refractivity contribution is -0.138. The van der Waals surface area contributed by atoms with Gasteiger partial charge in [-0.25, -0.2) is 14.7 Å². The molecule has 0 spiro atoms. The maximum atomic E-state index is 13.4. The number of hydrogen-bond acceptors (Lipinski definition) is 5. The van der Waals surface area contributed by atoms with Crippen LogP contribution in [0.25, 0.3) is 0 Å². The number of imide groups is 1. The molecule has 4 amide bonds. The van der Waals surface area contributed by atoms with Gasteiger partial charge in [0.25, 0.3) is 11.8 Å². The van der Waals surface area contributed by atoms with Gasteiger partial charge in [-0.05, 0) is 37.1 Å². The van der Waals surface area contributed by atoms with Crippen molar-refractivity contribution in [3.05, 3.63) is 58.9 Å². The molecule has 3 aliphatic rings. The number of fused-ring (bicyclic) bond motifs is 5. The van der Waals surface area contributed by atoms with Gasteiger partial charge in [-0.15, -0.1) is 0 Å². The van der Waals surface area contributed by atoms with Crippen molar-refractivity contribution in [2.24, 2.45) is 0 Å². The Balaban J connectivity index is 1.46. The van der Waals surface area contributed by atoms with Gasteiger partial charge in [0.15, 0.2) is 0 Å². The van der Waals surface area contributed by atoms with Crippen molar-refractivity contribution in [2.75, 3.05) is 11.4 Å². The summed E-state index contributed by atoms with van der Waals surface area (Å²) in [6.45, 7) is 1.67. The number of urea groups is 1. The largest absolute Gasteiger partial charge is 0.417 e. The SMILES string of the molecule is Cc1cc(N2C(=O)[C@@H]3C4CC(CN4C(=O)c4ccccc4C(F)(F)F)N3C2=O)cnc1C#N. The van der Waals surface area contributed by atoms with Gasteiger partial charge in [-0.2, -0.15) is 18.4 Å². The van der Waals surface area contributed by atoms with Crippen molar-refractivity contribution in [1.29, 1.82) is 5.26 Å². The van der Waals surface area contributed by atoms with Crippen LogP contribution in [0.3, 0.4) is 0 Å². The molecule has 4 heterocycles. The van der Waals surface area contributed by atoms with Crippen molar-refractivity contribution in [3.63, 3.8) is 0 Å². The van der Waals surface area contributed by atoms with Gasteiger partial charge in [-0.3, -0.25) is 9.59 Å². The lowest BCUT2D eigenvalue weighted by Gasteiger charge is -2.35. The molecule has 5 rings (SSSR count). The van der Waals surface area contributed by atoms with E-state index in [0.29, 0.717) is 12.0 Å². The molecule has 11 heteroatoms. The van der Waals surface area contributed by atoms with Crippen molar-refractivity contribution in [2.45, 2.75) is 37.6 Å². The maximum absolute atomic E-state index is 13.4. The van der Waals surface area contributed by atoms with Crippen molar-refractivity contribution in [1.82, 2.24) is 14.8 Å². The number of nitrogens with zero attached hydrogens (tertiary/aromatic N) is 5. The molecule has 1 aromatic carbocycles. The lowest BCUT2D eigenvalue weighted by atomic mass is 10.0. The molecule has 3 fully saturated rings. The normalized spacial score (nSPS) is 23.8. The van der Waals surface area contributed by atoms with E-state index in [1.807, 2.05) is 6.07 Å². The Kier molecular flexibility index (Phi) is 4.46. The zero-order valence-electron chi connectivity index (χ0n) is 17.2. The highest BCUT2D eigenvalue weighted by Gasteiger charge is 2.63. The third-order valence-corrected chi connectivity index (χ3v) is 6.42. The van der Waals surface area contributed by atoms with E-state index in [-0.39, 0.29) is 17.9 Å². The number of alkyl halides is 3. The number of aryl methyl sites for hydroxylation is 1. The fourth-order valence-corrected chi connectivity index (χ4v) is 5.00. The minimum absolute atomic E-state index is 0.0453. The summed E-state index contributed by atoms with van der Waals surface area (Å²) < 4.78 is 40.3. The predicted octanol–water partition coefficient (Wildman–Crippen LogP) is 2.71. The summed E-state index contributed by atoms with van der Waals surface area (Å²) in [7, 11) is 0. The smallest absolute Gasteiger partial charge is 0.331 e. The standard InChI is InChI=1S/C22H16F3N5O3/c1-11-6-12(9-27-16(11)8-26)30-20(32)18-17-7-13(29(18)21(30)33)10-28(17)19(31)14-4-2-3-5-15(14)22(23,24)25/h2-6,9,13,17-18H,7,10H2,1H3/t13?,17?,18-/m0/s1. The number of halogens is 3. The number of piperazine rings is 1. The van der Waals surface area contributed by atoms with Gasteiger partial charge in [-0.1, -0.05) is 12.1 Å². The summed E-state index contributed by atoms with van der Waals surface area (Å²) >= 11 is 0. The minimum Gasteiger partial charge on any atom is -0.331 e. The van der Waals surface area contributed by atoms with Crippen LogP contribution < -0.4 is 4.90 Å². The Morgan fingerprint density at radius 3 is 2.64 bits per heavy atom. The Morgan fingerprint density at radius 2 is 1.97 bits per heavy atom. The molecule has 0 saturated carbocycles. The Hall–Kier alpha value is -3.94. The summed E-state index contributed by atoms with van der Waals surface area (Å²) in [5.74, 6) is -1.38. The van der Waals surface area contributed by atoms with Crippen LogP contribution in [0.1, 0.15) is 33.6 Å². The number of aromatic nitrogens is 1. The average molecular weight is 455 g/mol. The molecule has 0 aliphatic carbocycles. The number of anilines is 1. The summed E-state index contributed by atoms with van der Waals surface area (Å²) in [4.78, 5) is 47.0. The Morgan fingerprint density at radius 1 is 1.24 bits per heavy atom. The molecule has 168 valence electrons. The topological polar surface area (TPSA) is 97.6 Å². The monoisotopic (exact) mass is 455 g/mol. The quantitative estimate of drug-likeness (QED) is 0.649. The molecule has 0 radical (unpaired) electrons. The summed E-state index contributed by atoms with van der Waals surface area (Å²) in [6, 6.07) is 5.21. The first-order valence-electron chi connectivity index (χ1n) is 10.1. The first kappa shape index (κ1) is 20.9. The second-order valence-electron chi connectivity index (χ2n) is 8.24. The number of amides is 4. The van der Waals surface area contributed by atoms with E-state index in [2.05, 4.69) is 4.98 Å². The van der Waals surface area contributed by atoms with E-state index >= 15 is 0 Å². The van der Waals surface area contributed by atoms with E-state index in [4.69, 9.17) is 5.26 Å². The second-order valence-corrected chi connectivity index (χ2v) is 8.24. The fourth-order valence-electron chi connectivity index (χ4n) is 5.00. The van der Waals surface area contributed by atoms with Crippen LogP contribution in [-0.4, -0.2) is 57.3 Å². The van der Waals surface area contributed by atoms with Gasteiger partial charge in [0.1, 0.15) is 17.8 Å². The van der Waals surface area contributed by atoms with E-state index < -0.39 is 53.3 Å². The molecular weight excluding hydrogens is 439 g/mol. The molecule has 3 aliphatic heterocycles. The molecule has 2 aromatic rings. The van der Waals surface area contributed by atoms with E-state index in [1.54, 1.807) is 6.92 Å². The highest BCUT2D eigenvalue weighted by molar-refractivity contribution is 6.22. The first-order chi connectivity index (χ1) is 15.6. The summed E-state index contributed by atoms with van der Waals surface area (Å²) in [5, 5.41) is 9.06. The van der Waals surface area contributed by atoms with Crippen LogP contribution in [0, 0.1) is 18.3 Å². The number of hydrogen-bond donors (Lipinski definition) is 0. The Labute approximate surface area is 185 Å². The minimum atomic E-state index is -4.70. The van der Waals surface area contributed by atoms with Gasteiger partial charge >= 0.3 is 12.2 Å². The molecule has 1 aromatic heterocycles. The molecular formula is C22H16F3N5O3. The zero-order chi connectivity index (χ0) is 23.7.